The molecule has 0 aliphatic heterocycles. The Hall–Kier alpha value is -1.75. The van der Waals surface area contributed by atoms with Crippen LogP contribution in [0.25, 0.3) is 0 Å². The second kappa shape index (κ2) is 6.80. The number of hydrogen-bond acceptors (Lipinski definition) is 4. The molecule has 1 amide bonds. The lowest BCUT2D eigenvalue weighted by Crippen LogP contribution is -2.37. The van der Waals surface area contributed by atoms with Gasteiger partial charge in [-0.25, -0.2) is 0 Å². The molecule has 2 heterocycles. The first-order valence-electron chi connectivity index (χ1n) is 7.18. The first-order chi connectivity index (χ1) is 10.1. The second-order valence-electron chi connectivity index (χ2n) is 5.38. The van der Waals surface area contributed by atoms with Crippen LogP contribution in [-0.2, 0) is 0 Å². The van der Waals surface area contributed by atoms with Gasteiger partial charge in [0.2, 0.25) is 0 Å². The lowest BCUT2D eigenvalue weighted by Gasteiger charge is -2.34. The van der Waals surface area contributed by atoms with E-state index in [0.717, 1.165) is 11.3 Å². The van der Waals surface area contributed by atoms with E-state index >= 15 is 0 Å². The van der Waals surface area contributed by atoms with Gasteiger partial charge in [0.05, 0.1) is 17.3 Å². The van der Waals surface area contributed by atoms with Crippen LogP contribution < -0.4 is 0 Å². The fourth-order valence-electron chi connectivity index (χ4n) is 2.59. The fraction of sp³-hybridized carbons (Fsp3) is 0.438. The van der Waals surface area contributed by atoms with E-state index in [-0.39, 0.29) is 11.9 Å². The van der Waals surface area contributed by atoms with Crippen molar-refractivity contribution in [3.05, 3.63) is 46.7 Å². The molecule has 2 rings (SSSR count). The quantitative estimate of drug-likeness (QED) is 0.846. The van der Waals surface area contributed by atoms with Crippen molar-refractivity contribution in [1.29, 1.82) is 0 Å². The predicted molar refractivity (Wildman–Crippen MR) is 85.4 cm³/mol. The monoisotopic (exact) mass is 303 g/mol. The van der Waals surface area contributed by atoms with Crippen LogP contribution >= 0.6 is 11.5 Å². The van der Waals surface area contributed by atoms with Gasteiger partial charge in [0, 0.05) is 24.3 Å². The van der Waals surface area contributed by atoms with Crippen molar-refractivity contribution in [2.24, 2.45) is 5.92 Å². The first-order valence-corrected chi connectivity index (χ1v) is 8.01. The van der Waals surface area contributed by atoms with E-state index < -0.39 is 0 Å². The van der Waals surface area contributed by atoms with Gasteiger partial charge in [0.1, 0.15) is 0 Å². The molecule has 0 aliphatic carbocycles. The van der Waals surface area contributed by atoms with Crippen LogP contribution in [0.4, 0.5) is 0 Å². The summed E-state index contributed by atoms with van der Waals surface area (Å²) in [7, 11) is 0. The van der Waals surface area contributed by atoms with Crippen molar-refractivity contribution in [2.75, 3.05) is 6.54 Å². The molecule has 0 radical (unpaired) electrons. The maximum atomic E-state index is 12.8. The van der Waals surface area contributed by atoms with Crippen molar-refractivity contribution < 1.29 is 4.79 Å². The van der Waals surface area contributed by atoms with Crippen molar-refractivity contribution in [2.45, 2.75) is 33.7 Å². The van der Waals surface area contributed by atoms with Gasteiger partial charge in [-0.2, -0.15) is 4.37 Å². The molecule has 21 heavy (non-hydrogen) atoms. The summed E-state index contributed by atoms with van der Waals surface area (Å²) in [6.07, 6.45) is 3.60. The summed E-state index contributed by atoms with van der Waals surface area (Å²) in [6.45, 7) is 8.81. The van der Waals surface area contributed by atoms with E-state index in [1.54, 1.807) is 6.20 Å². The maximum absolute atomic E-state index is 12.8. The Labute approximate surface area is 130 Å². The number of aryl methyl sites for hydroxylation is 1. The molecule has 2 aromatic heterocycles. The Bertz CT molecular complexity index is 595. The molecule has 0 saturated carbocycles. The highest BCUT2D eigenvalue weighted by Crippen LogP contribution is 2.30. The van der Waals surface area contributed by atoms with Crippen LogP contribution in [0.1, 0.15) is 48.4 Å². The normalized spacial score (nSPS) is 12.4. The SMILES string of the molecule is CCN(C(=O)c1csnc1C)[C@H](c1cccnc1)C(C)C. The molecule has 0 bridgehead atoms. The third kappa shape index (κ3) is 3.29. The molecule has 0 aromatic carbocycles. The van der Waals surface area contributed by atoms with Gasteiger partial charge >= 0.3 is 0 Å². The van der Waals surface area contributed by atoms with E-state index in [4.69, 9.17) is 0 Å². The van der Waals surface area contributed by atoms with Crippen LogP contribution in [-0.4, -0.2) is 26.7 Å². The maximum Gasteiger partial charge on any atom is 0.257 e. The Kier molecular flexibility index (Phi) is 5.07. The van der Waals surface area contributed by atoms with Gasteiger partial charge in [0.15, 0.2) is 0 Å². The van der Waals surface area contributed by atoms with Crippen LogP contribution in [0.2, 0.25) is 0 Å². The highest BCUT2D eigenvalue weighted by atomic mass is 32.1. The molecule has 0 N–H and O–H groups in total. The molecule has 0 unspecified atom stereocenters. The smallest absolute Gasteiger partial charge is 0.257 e. The number of rotatable bonds is 5. The molecule has 112 valence electrons. The number of aromatic nitrogens is 2. The summed E-state index contributed by atoms with van der Waals surface area (Å²) in [5.74, 6) is 0.358. The molecule has 0 spiro atoms. The second-order valence-corrected chi connectivity index (χ2v) is 6.01. The number of carbonyl (C=O) groups excluding carboxylic acids is 1. The van der Waals surface area contributed by atoms with Crippen LogP contribution in [0.5, 0.6) is 0 Å². The standard InChI is InChI=1S/C16H21N3OS/c1-5-19(16(20)14-10-21-18-12(14)4)15(11(2)3)13-7-6-8-17-9-13/h6-11,15H,5H2,1-4H3/t15-/m0/s1. The van der Waals surface area contributed by atoms with Gasteiger partial charge in [-0.3, -0.25) is 9.78 Å². The zero-order valence-corrected chi connectivity index (χ0v) is 13.7. The van der Waals surface area contributed by atoms with E-state index in [0.29, 0.717) is 18.0 Å². The number of hydrogen-bond donors (Lipinski definition) is 0. The number of carbonyl (C=O) groups is 1. The predicted octanol–water partition coefficient (Wildman–Crippen LogP) is 3.71. The lowest BCUT2D eigenvalue weighted by molar-refractivity contribution is 0.0636. The Morgan fingerprint density at radius 2 is 2.19 bits per heavy atom. The minimum atomic E-state index is 0.0236. The van der Waals surface area contributed by atoms with Crippen molar-refractivity contribution in [3.63, 3.8) is 0 Å². The van der Waals surface area contributed by atoms with E-state index in [1.807, 2.05) is 42.5 Å². The third-order valence-corrected chi connectivity index (χ3v) is 4.30. The van der Waals surface area contributed by atoms with Crippen molar-refractivity contribution in [1.82, 2.24) is 14.3 Å². The lowest BCUT2D eigenvalue weighted by atomic mass is 9.95. The minimum absolute atomic E-state index is 0.0236. The molecule has 5 heteroatoms. The minimum Gasteiger partial charge on any atom is -0.331 e. The zero-order valence-electron chi connectivity index (χ0n) is 12.9. The highest BCUT2D eigenvalue weighted by molar-refractivity contribution is 7.03. The molecule has 1 atom stereocenters. The molecule has 2 aromatic rings. The summed E-state index contributed by atoms with van der Waals surface area (Å²) in [6, 6.07) is 3.97. The summed E-state index contributed by atoms with van der Waals surface area (Å²) in [4.78, 5) is 19.0. The number of nitrogens with zero attached hydrogens (tertiary/aromatic N) is 3. The van der Waals surface area contributed by atoms with E-state index in [2.05, 4.69) is 23.2 Å². The van der Waals surface area contributed by atoms with Gasteiger partial charge < -0.3 is 4.90 Å². The molecular formula is C16H21N3OS. The zero-order chi connectivity index (χ0) is 15.4. The highest BCUT2D eigenvalue weighted by Gasteiger charge is 2.28. The summed E-state index contributed by atoms with van der Waals surface area (Å²) < 4.78 is 4.21. The van der Waals surface area contributed by atoms with E-state index in [1.165, 1.54) is 11.5 Å². The molecule has 4 nitrogen and oxygen atoms in total. The molecule has 0 fully saturated rings. The third-order valence-electron chi connectivity index (χ3n) is 3.58. The average molecular weight is 303 g/mol. The van der Waals surface area contributed by atoms with Gasteiger partial charge in [-0.15, -0.1) is 0 Å². The summed E-state index contributed by atoms with van der Waals surface area (Å²) >= 11 is 1.33. The van der Waals surface area contributed by atoms with Crippen LogP contribution in [0, 0.1) is 12.8 Å². The van der Waals surface area contributed by atoms with Gasteiger partial charge in [-0.05, 0) is 42.9 Å². The molecular weight excluding hydrogens is 282 g/mol. The molecule has 0 saturated heterocycles. The van der Waals surface area contributed by atoms with Crippen molar-refractivity contribution in [3.8, 4) is 0 Å². The Morgan fingerprint density at radius 1 is 1.43 bits per heavy atom. The van der Waals surface area contributed by atoms with E-state index in [9.17, 15) is 4.79 Å². The average Bonchev–Trinajstić information content (AvgIpc) is 2.90. The Balaban J connectivity index is 2.37. The van der Waals surface area contributed by atoms with Crippen LogP contribution in [0.15, 0.2) is 29.9 Å². The van der Waals surface area contributed by atoms with Gasteiger partial charge in [-0.1, -0.05) is 19.9 Å². The summed E-state index contributed by atoms with van der Waals surface area (Å²) in [5.41, 5.74) is 2.58. The Morgan fingerprint density at radius 3 is 2.67 bits per heavy atom. The van der Waals surface area contributed by atoms with Crippen molar-refractivity contribution >= 4 is 17.4 Å². The number of amides is 1. The molecule has 0 aliphatic rings. The fourth-order valence-corrected chi connectivity index (χ4v) is 3.28. The summed E-state index contributed by atoms with van der Waals surface area (Å²) in [5, 5.41) is 1.83. The number of pyridine rings is 1. The first kappa shape index (κ1) is 15.6. The van der Waals surface area contributed by atoms with Crippen LogP contribution in [0.3, 0.4) is 0 Å². The largest absolute Gasteiger partial charge is 0.331 e. The van der Waals surface area contributed by atoms with Gasteiger partial charge in [0.25, 0.3) is 5.91 Å². The topological polar surface area (TPSA) is 46.1 Å².